The zero-order valence-corrected chi connectivity index (χ0v) is 19.3. The molecule has 1 saturated carbocycles. The molecule has 1 aliphatic heterocycles. The van der Waals surface area contributed by atoms with Crippen molar-refractivity contribution in [2.45, 2.75) is 27.2 Å². The lowest BCUT2D eigenvalue weighted by Gasteiger charge is -2.23. The van der Waals surface area contributed by atoms with Crippen molar-refractivity contribution in [2.75, 3.05) is 24.6 Å². The smallest absolute Gasteiger partial charge is 0.335 e. The number of piperidine rings is 1. The number of hydrogen-bond acceptors (Lipinski definition) is 5. The van der Waals surface area contributed by atoms with Crippen molar-refractivity contribution < 1.29 is 14.6 Å². The molecular formula is C27H29N3O3. The van der Waals surface area contributed by atoms with Crippen LogP contribution in [0.1, 0.15) is 36.7 Å². The second kappa shape index (κ2) is 7.87. The Morgan fingerprint density at radius 3 is 2.06 bits per heavy atom. The van der Waals surface area contributed by atoms with E-state index in [9.17, 15) is 4.79 Å². The first kappa shape index (κ1) is 21.4. The standard InChI is InChI=1S/C27H29N3O3/c1-4-18-13-28-25(29-14-18)30-16-26(2)23(27(26,3)17-30)15-33-22-11-9-20(10-12-22)19-5-7-21(8-6-19)24(31)32/h5-14,23H,4,15-17H2,1-3H3,(H,31,32)/t23?,26-,27+. The topological polar surface area (TPSA) is 75.6 Å². The molecule has 170 valence electrons. The molecule has 6 heteroatoms. The summed E-state index contributed by atoms with van der Waals surface area (Å²) in [5, 5.41) is 9.05. The fraction of sp³-hybridized carbons (Fsp3) is 0.370. The second-order valence-electron chi connectivity index (χ2n) is 9.71. The van der Waals surface area contributed by atoms with Crippen LogP contribution in [0.15, 0.2) is 60.9 Å². The van der Waals surface area contributed by atoms with Gasteiger partial charge in [0.1, 0.15) is 5.75 Å². The molecule has 0 spiro atoms. The summed E-state index contributed by atoms with van der Waals surface area (Å²) in [7, 11) is 0. The Labute approximate surface area is 194 Å². The number of benzene rings is 2. The molecule has 1 aliphatic carbocycles. The number of ether oxygens (including phenoxy) is 1. The first-order valence-corrected chi connectivity index (χ1v) is 11.5. The Bertz CT molecular complexity index is 1140. The van der Waals surface area contributed by atoms with E-state index in [4.69, 9.17) is 9.84 Å². The van der Waals surface area contributed by atoms with Crippen LogP contribution in [0, 0.1) is 16.7 Å². The normalized spacial score (nSPS) is 25.5. The van der Waals surface area contributed by atoms with E-state index in [1.807, 2.05) is 48.8 Å². The molecule has 2 aromatic carbocycles. The second-order valence-corrected chi connectivity index (χ2v) is 9.71. The zero-order chi connectivity index (χ0) is 23.2. The highest BCUT2D eigenvalue weighted by molar-refractivity contribution is 5.88. The first-order valence-electron chi connectivity index (χ1n) is 11.5. The van der Waals surface area contributed by atoms with Crippen LogP contribution < -0.4 is 9.64 Å². The van der Waals surface area contributed by atoms with E-state index in [1.54, 1.807) is 12.1 Å². The molecule has 2 heterocycles. The quantitative estimate of drug-likeness (QED) is 0.557. The van der Waals surface area contributed by atoms with Gasteiger partial charge in [-0.2, -0.15) is 0 Å². The summed E-state index contributed by atoms with van der Waals surface area (Å²) in [6.07, 6.45) is 4.82. The molecule has 1 aromatic heterocycles. The number of fused-ring (bicyclic) bond motifs is 1. The average molecular weight is 444 g/mol. The van der Waals surface area contributed by atoms with Crippen molar-refractivity contribution in [3.8, 4) is 16.9 Å². The predicted molar refractivity (Wildman–Crippen MR) is 128 cm³/mol. The summed E-state index contributed by atoms with van der Waals surface area (Å²) in [6.45, 7) is 9.42. The molecule has 0 amide bonds. The SMILES string of the molecule is CCc1cnc(N2C[C@@]3(C)C(COc4ccc(-c5ccc(C(=O)O)cc5)cc4)[C@@]3(C)C2)nc1. The van der Waals surface area contributed by atoms with E-state index in [0.717, 1.165) is 47.9 Å². The summed E-state index contributed by atoms with van der Waals surface area (Å²) in [5.74, 6) is 1.27. The summed E-state index contributed by atoms with van der Waals surface area (Å²) in [6, 6.07) is 14.9. The van der Waals surface area contributed by atoms with Crippen molar-refractivity contribution in [2.24, 2.45) is 16.7 Å². The van der Waals surface area contributed by atoms with Crippen LogP contribution in [-0.2, 0) is 6.42 Å². The summed E-state index contributed by atoms with van der Waals surface area (Å²) in [4.78, 5) is 22.5. The third kappa shape index (κ3) is 3.63. The van der Waals surface area contributed by atoms with Crippen LogP contribution in [0.3, 0.4) is 0 Å². The van der Waals surface area contributed by atoms with E-state index in [1.165, 1.54) is 0 Å². The lowest BCUT2D eigenvalue weighted by atomic mass is 10.0. The third-order valence-corrected chi connectivity index (χ3v) is 7.92. The number of carbonyl (C=O) groups is 1. The maximum Gasteiger partial charge on any atom is 0.335 e. The van der Waals surface area contributed by atoms with Crippen molar-refractivity contribution in [3.63, 3.8) is 0 Å². The monoisotopic (exact) mass is 443 g/mol. The number of carboxylic acids is 1. The molecule has 1 saturated heterocycles. The van der Waals surface area contributed by atoms with Crippen molar-refractivity contribution in [1.29, 1.82) is 0 Å². The fourth-order valence-electron chi connectivity index (χ4n) is 5.44. The number of aryl methyl sites for hydroxylation is 1. The minimum Gasteiger partial charge on any atom is -0.493 e. The molecule has 1 unspecified atom stereocenters. The van der Waals surface area contributed by atoms with E-state index >= 15 is 0 Å². The Morgan fingerprint density at radius 2 is 1.55 bits per heavy atom. The van der Waals surface area contributed by atoms with Gasteiger partial charge in [0.15, 0.2) is 0 Å². The molecule has 3 atom stereocenters. The molecule has 5 rings (SSSR count). The van der Waals surface area contributed by atoms with E-state index in [-0.39, 0.29) is 10.8 Å². The highest BCUT2D eigenvalue weighted by Crippen LogP contribution is 2.72. The number of nitrogens with zero attached hydrogens (tertiary/aromatic N) is 3. The lowest BCUT2D eigenvalue weighted by Crippen LogP contribution is -2.30. The van der Waals surface area contributed by atoms with Crippen LogP contribution in [-0.4, -0.2) is 40.7 Å². The largest absolute Gasteiger partial charge is 0.493 e. The maximum absolute atomic E-state index is 11.0. The molecule has 6 nitrogen and oxygen atoms in total. The van der Waals surface area contributed by atoms with Crippen LogP contribution >= 0.6 is 0 Å². The summed E-state index contributed by atoms with van der Waals surface area (Å²) >= 11 is 0. The van der Waals surface area contributed by atoms with Gasteiger partial charge in [-0.25, -0.2) is 14.8 Å². The molecule has 2 fully saturated rings. The molecular weight excluding hydrogens is 414 g/mol. The summed E-state index contributed by atoms with van der Waals surface area (Å²) < 4.78 is 6.18. The zero-order valence-electron chi connectivity index (χ0n) is 19.3. The number of aromatic nitrogens is 2. The van der Waals surface area contributed by atoms with Gasteiger partial charge in [0.05, 0.1) is 12.2 Å². The molecule has 0 radical (unpaired) electrons. The van der Waals surface area contributed by atoms with Crippen molar-refractivity contribution in [1.82, 2.24) is 9.97 Å². The predicted octanol–water partition coefficient (Wildman–Crippen LogP) is 4.95. The van der Waals surface area contributed by atoms with Gasteiger partial charge in [0.2, 0.25) is 5.95 Å². The van der Waals surface area contributed by atoms with Gasteiger partial charge in [-0.1, -0.05) is 45.0 Å². The van der Waals surface area contributed by atoms with Crippen molar-refractivity contribution >= 4 is 11.9 Å². The Balaban J connectivity index is 1.19. The average Bonchev–Trinajstić information content (AvgIpc) is 3.12. The van der Waals surface area contributed by atoms with Gasteiger partial charge in [-0.05, 0) is 58.2 Å². The van der Waals surface area contributed by atoms with Gasteiger partial charge in [-0.3, -0.25) is 0 Å². The highest BCUT2D eigenvalue weighted by atomic mass is 16.5. The minimum absolute atomic E-state index is 0.200. The highest BCUT2D eigenvalue weighted by Gasteiger charge is 2.75. The van der Waals surface area contributed by atoms with Crippen LogP contribution in [0.5, 0.6) is 5.75 Å². The van der Waals surface area contributed by atoms with Gasteiger partial charge < -0.3 is 14.7 Å². The van der Waals surface area contributed by atoms with Crippen LogP contribution in [0.2, 0.25) is 0 Å². The molecule has 33 heavy (non-hydrogen) atoms. The number of hydrogen-bond donors (Lipinski definition) is 1. The number of anilines is 1. The molecule has 0 bridgehead atoms. The number of carboxylic acid groups (broad SMARTS) is 1. The number of rotatable bonds is 7. The van der Waals surface area contributed by atoms with E-state index in [2.05, 4.69) is 35.6 Å². The molecule has 1 N–H and O–H groups in total. The van der Waals surface area contributed by atoms with E-state index in [0.29, 0.717) is 18.1 Å². The van der Waals surface area contributed by atoms with Crippen LogP contribution in [0.4, 0.5) is 5.95 Å². The van der Waals surface area contributed by atoms with Gasteiger partial charge in [0, 0.05) is 31.4 Å². The third-order valence-electron chi connectivity index (χ3n) is 7.92. The first-order chi connectivity index (χ1) is 15.8. The minimum atomic E-state index is -0.914. The van der Waals surface area contributed by atoms with Gasteiger partial charge in [0.25, 0.3) is 0 Å². The Hall–Kier alpha value is -3.41. The summed E-state index contributed by atoms with van der Waals surface area (Å²) in [5.41, 5.74) is 3.87. The fourth-order valence-corrected chi connectivity index (χ4v) is 5.44. The van der Waals surface area contributed by atoms with Gasteiger partial charge >= 0.3 is 5.97 Å². The van der Waals surface area contributed by atoms with Gasteiger partial charge in [-0.15, -0.1) is 0 Å². The Morgan fingerprint density at radius 1 is 1.00 bits per heavy atom. The lowest BCUT2D eigenvalue weighted by molar-refractivity contribution is 0.0697. The Kier molecular flexibility index (Phi) is 5.11. The molecule has 2 aliphatic rings. The maximum atomic E-state index is 11.0. The van der Waals surface area contributed by atoms with Crippen LogP contribution in [0.25, 0.3) is 11.1 Å². The van der Waals surface area contributed by atoms with E-state index < -0.39 is 5.97 Å². The van der Waals surface area contributed by atoms with Crippen molar-refractivity contribution in [3.05, 3.63) is 72.1 Å². The number of aromatic carboxylic acids is 1. The molecule has 3 aromatic rings.